The topological polar surface area (TPSA) is 56.5 Å². The molecule has 4 heteroatoms. The molecule has 19 heavy (non-hydrogen) atoms. The first-order chi connectivity index (χ1) is 9.15. The van der Waals surface area contributed by atoms with E-state index < -0.39 is 5.63 Å². The second-order valence-corrected chi connectivity index (χ2v) is 5.57. The van der Waals surface area contributed by atoms with Crippen molar-refractivity contribution in [1.29, 1.82) is 0 Å². The lowest BCUT2D eigenvalue weighted by Gasteiger charge is -2.33. The average Bonchev–Trinajstić information content (AvgIpc) is 2.38. The number of hydrogen-bond donors (Lipinski definition) is 0. The third-order valence-corrected chi connectivity index (χ3v) is 4.16. The zero-order valence-electron chi connectivity index (χ0n) is 11.1. The molecule has 2 heterocycles. The molecule has 1 atom stereocenters. The van der Waals surface area contributed by atoms with Crippen LogP contribution in [0.1, 0.15) is 54.6 Å². The van der Waals surface area contributed by atoms with Gasteiger partial charge in [0, 0.05) is 12.5 Å². The highest BCUT2D eigenvalue weighted by Crippen LogP contribution is 2.35. The van der Waals surface area contributed by atoms with Crippen LogP contribution in [0, 0.1) is 12.8 Å². The lowest BCUT2D eigenvalue weighted by molar-refractivity contribution is 0.0642. The van der Waals surface area contributed by atoms with E-state index in [9.17, 15) is 9.59 Å². The summed E-state index contributed by atoms with van der Waals surface area (Å²) in [6, 6.07) is 1.66. The van der Waals surface area contributed by atoms with E-state index in [1.165, 1.54) is 19.3 Å². The average molecular weight is 262 g/mol. The van der Waals surface area contributed by atoms with Gasteiger partial charge in [-0.1, -0.05) is 19.3 Å². The Morgan fingerprint density at radius 2 is 1.89 bits per heavy atom. The first kappa shape index (κ1) is 12.5. The maximum absolute atomic E-state index is 12.1. The second-order valence-electron chi connectivity index (χ2n) is 5.57. The first-order valence-corrected chi connectivity index (χ1v) is 7.00. The predicted octanol–water partition coefficient (Wildman–Crippen LogP) is 2.86. The zero-order valence-corrected chi connectivity index (χ0v) is 11.1. The van der Waals surface area contributed by atoms with Gasteiger partial charge in [0.25, 0.3) is 0 Å². The molecule has 0 saturated heterocycles. The van der Waals surface area contributed by atoms with Crippen molar-refractivity contribution >= 4 is 5.78 Å². The number of rotatable bonds is 1. The van der Waals surface area contributed by atoms with Gasteiger partial charge in [0.15, 0.2) is 5.78 Å². The fourth-order valence-corrected chi connectivity index (χ4v) is 3.19. The molecule has 1 saturated carbocycles. The highest BCUT2D eigenvalue weighted by atomic mass is 16.5. The smallest absolute Gasteiger partial charge is 0.350 e. The minimum atomic E-state index is -0.568. The summed E-state index contributed by atoms with van der Waals surface area (Å²) in [7, 11) is 0. The highest BCUT2D eigenvalue weighted by molar-refractivity contribution is 5.99. The first-order valence-electron chi connectivity index (χ1n) is 7.00. The summed E-state index contributed by atoms with van der Waals surface area (Å²) >= 11 is 0. The monoisotopic (exact) mass is 262 g/mol. The number of ether oxygens (including phenoxy) is 1. The number of carbonyl (C=O) groups excluding carboxylic acids is 1. The maximum atomic E-state index is 12.1. The van der Waals surface area contributed by atoms with E-state index in [0.717, 1.165) is 12.8 Å². The summed E-state index contributed by atoms with van der Waals surface area (Å²) in [4.78, 5) is 23.8. The van der Waals surface area contributed by atoms with Crippen LogP contribution in [-0.2, 0) is 0 Å². The molecule has 1 aliphatic carbocycles. The van der Waals surface area contributed by atoms with Crippen molar-refractivity contribution in [3.05, 3.63) is 27.8 Å². The normalized spacial score (nSPS) is 23.8. The summed E-state index contributed by atoms with van der Waals surface area (Å²) in [6.07, 6.45) is 6.17. The molecular weight excluding hydrogens is 244 g/mol. The van der Waals surface area contributed by atoms with Crippen LogP contribution >= 0.6 is 0 Å². The quantitative estimate of drug-likeness (QED) is 0.781. The molecule has 0 spiro atoms. The molecule has 3 rings (SSSR count). The lowest BCUT2D eigenvalue weighted by atomic mass is 9.82. The Hall–Kier alpha value is -1.58. The second kappa shape index (κ2) is 4.83. The SMILES string of the molecule is Cc1cc2c(c(=O)o1)C(=O)CC(C1CCCCC1)O2. The van der Waals surface area contributed by atoms with Gasteiger partial charge < -0.3 is 9.15 Å². The molecule has 1 aromatic heterocycles. The molecule has 2 aliphatic rings. The van der Waals surface area contributed by atoms with E-state index >= 15 is 0 Å². The summed E-state index contributed by atoms with van der Waals surface area (Å²) in [5.41, 5.74) is -0.472. The third-order valence-electron chi connectivity index (χ3n) is 4.16. The van der Waals surface area contributed by atoms with Gasteiger partial charge in [0.05, 0.1) is 0 Å². The van der Waals surface area contributed by atoms with Crippen LogP contribution < -0.4 is 10.4 Å². The van der Waals surface area contributed by atoms with Gasteiger partial charge in [-0.25, -0.2) is 4.79 Å². The van der Waals surface area contributed by atoms with Crippen molar-refractivity contribution in [2.24, 2.45) is 5.92 Å². The maximum Gasteiger partial charge on any atom is 0.350 e. The summed E-state index contributed by atoms with van der Waals surface area (Å²) in [5, 5.41) is 0. The minimum Gasteiger partial charge on any atom is -0.488 e. The molecule has 0 bridgehead atoms. The summed E-state index contributed by atoms with van der Waals surface area (Å²) < 4.78 is 10.9. The van der Waals surface area contributed by atoms with Crippen molar-refractivity contribution in [2.75, 3.05) is 0 Å². The molecule has 0 amide bonds. The molecule has 0 N–H and O–H groups in total. The third kappa shape index (κ3) is 2.31. The molecule has 0 aromatic carbocycles. The Labute approximate surface area is 111 Å². The fraction of sp³-hybridized carbons (Fsp3) is 0.600. The van der Waals surface area contributed by atoms with Gasteiger partial charge in [0.1, 0.15) is 23.2 Å². The number of carbonyl (C=O) groups is 1. The van der Waals surface area contributed by atoms with Gasteiger partial charge >= 0.3 is 5.63 Å². The van der Waals surface area contributed by atoms with Crippen LogP contribution in [0.2, 0.25) is 0 Å². The van der Waals surface area contributed by atoms with E-state index in [1.54, 1.807) is 13.0 Å². The number of aryl methyl sites for hydroxylation is 1. The summed E-state index contributed by atoms with van der Waals surface area (Å²) in [6.45, 7) is 1.69. The van der Waals surface area contributed by atoms with Crippen molar-refractivity contribution in [3.63, 3.8) is 0 Å². The van der Waals surface area contributed by atoms with Gasteiger partial charge in [-0.2, -0.15) is 0 Å². The Morgan fingerprint density at radius 3 is 2.63 bits per heavy atom. The van der Waals surface area contributed by atoms with E-state index in [2.05, 4.69) is 0 Å². The van der Waals surface area contributed by atoms with Crippen LogP contribution in [0.4, 0.5) is 0 Å². The minimum absolute atomic E-state index is 0.0681. The number of fused-ring (bicyclic) bond motifs is 1. The molecule has 102 valence electrons. The van der Waals surface area contributed by atoms with Gasteiger partial charge in [0.2, 0.25) is 0 Å². The molecular formula is C15H18O4. The fourth-order valence-electron chi connectivity index (χ4n) is 3.19. The van der Waals surface area contributed by atoms with Crippen LogP contribution in [0.25, 0.3) is 0 Å². The van der Waals surface area contributed by atoms with Crippen molar-refractivity contribution in [2.45, 2.75) is 51.6 Å². The number of ketones is 1. The Balaban J connectivity index is 1.91. The summed E-state index contributed by atoms with van der Waals surface area (Å²) in [5.74, 6) is 1.21. The molecule has 1 fully saturated rings. The van der Waals surface area contributed by atoms with Gasteiger partial charge in [-0.15, -0.1) is 0 Å². The van der Waals surface area contributed by atoms with E-state index in [0.29, 0.717) is 23.8 Å². The predicted molar refractivity (Wildman–Crippen MR) is 69.7 cm³/mol. The lowest BCUT2D eigenvalue weighted by Crippen LogP contribution is -2.37. The van der Waals surface area contributed by atoms with Crippen molar-refractivity contribution in [3.8, 4) is 5.75 Å². The number of Topliss-reactive ketones (excluding diaryl/α,β-unsaturated/α-hetero) is 1. The van der Waals surface area contributed by atoms with Crippen molar-refractivity contribution in [1.82, 2.24) is 0 Å². The standard InChI is InChI=1S/C15H18O4/c1-9-7-13-14(15(17)18-9)11(16)8-12(19-13)10-5-3-2-4-6-10/h7,10,12H,2-6,8H2,1H3. The van der Waals surface area contributed by atoms with Crippen LogP contribution in [0.15, 0.2) is 15.3 Å². The molecule has 0 radical (unpaired) electrons. The van der Waals surface area contributed by atoms with Crippen LogP contribution in [0.5, 0.6) is 5.75 Å². The van der Waals surface area contributed by atoms with E-state index in [4.69, 9.17) is 9.15 Å². The molecule has 1 aliphatic heterocycles. The highest BCUT2D eigenvalue weighted by Gasteiger charge is 2.35. The van der Waals surface area contributed by atoms with E-state index in [1.807, 2.05) is 0 Å². The molecule has 1 unspecified atom stereocenters. The zero-order chi connectivity index (χ0) is 13.4. The Kier molecular flexibility index (Phi) is 3.17. The van der Waals surface area contributed by atoms with Crippen LogP contribution in [-0.4, -0.2) is 11.9 Å². The van der Waals surface area contributed by atoms with Crippen LogP contribution in [0.3, 0.4) is 0 Å². The molecule has 1 aromatic rings. The van der Waals surface area contributed by atoms with Gasteiger partial charge in [-0.3, -0.25) is 4.79 Å². The van der Waals surface area contributed by atoms with Gasteiger partial charge in [-0.05, 0) is 25.7 Å². The number of hydrogen-bond acceptors (Lipinski definition) is 4. The Bertz CT molecular complexity index is 552. The largest absolute Gasteiger partial charge is 0.488 e. The Morgan fingerprint density at radius 1 is 1.16 bits per heavy atom. The van der Waals surface area contributed by atoms with Crippen molar-refractivity contribution < 1.29 is 13.9 Å². The van der Waals surface area contributed by atoms with E-state index in [-0.39, 0.29) is 17.5 Å². The molecule has 4 nitrogen and oxygen atoms in total.